The van der Waals surface area contributed by atoms with Gasteiger partial charge in [-0.15, -0.1) is 0 Å². The monoisotopic (exact) mass is 333 g/mol. The summed E-state index contributed by atoms with van der Waals surface area (Å²) >= 11 is 0. The maximum atomic E-state index is 12.4. The summed E-state index contributed by atoms with van der Waals surface area (Å²) in [5.41, 5.74) is -1.47. The van der Waals surface area contributed by atoms with Crippen LogP contribution in [-0.2, 0) is 19.1 Å². The zero-order valence-corrected chi connectivity index (χ0v) is 14.4. The van der Waals surface area contributed by atoms with Gasteiger partial charge < -0.3 is 14.8 Å². The fourth-order valence-electron chi connectivity index (χ4n) is 2.88. The van der Waals surface area contributed by atoms with Gasteiger partial charge in [-0.3, -0.25) is 9.59 Å². The molecule has 1 amide bonds. The van der Waals surface area contributed by atoms with Crippen LogP contribution >= 0.6 is 0 Å². The lowest BCUT2D eigenvalue weighted by Gasteiger charge is -2.33. The first kappa shape index (κ1) is 18.0. The fraction of sp³-hybridized carbons (Fsp3) is 0.500. The van der Waals surface area contributed by atoms with Gasteiger partial charge in [0.15, 0.2) is 5.41 Å². The van der Waals surface area contributed by atoms with Gasteiger partial charge >= 0.3 is 12.1 Å². The summed E-state index contributed by atoms with van der Waals surface area (Å²) in [6.45, 7) is 6.73. The molecule has 1 N–H and O–H groups in total. The first-order chi connectivity index (χ1) is 11.2. The van der Waals surface area contributed by atoms with Crippen molar-refractivity contribution in [3.63, 3.8) is 0 Å². The summed E-state index contributed by atoms with van der Waals surface area (Å²) in [5.74, 6) is -0.949. The third-order valence-corrected chi connectivity index (χ3v) is 4.01. The molecule has 1 aliphatic heterocycles. The van der Waals surface area contributed by atoms with E-state index in [0.29, 0.717) is 5.56 Å². The van der Waals surface area contributed by atoms with Crippen LogP contribution in [0.25, 0.3) is 0 Å². The Bertz CT molecular complexity index is 635. The first-order valence-corrected chi connectivity index (χ1v) is 7.89. The molecular weight excluding hydrogens is 310 g/mol. The second kappa shape index (κ2) is 6.63. The average molecular weight is 333 g/mol. The number of ketones is 1. The molecule has 0 aliphatic carbocycles. The predicted octanol–water partition coefficient (Wildman–Crippen LogP) is 2.77. The molecule has 1 aliphatic rings. The van der Waals surface area contributed by atoms with Gasteiger partial charge in [-0.1, -0.05) is 30.3 Å². The minimum Gasteiger partial charge on any atom is -0.465 e. The number of hydrogen-bond donors (Lipinski definition) is 1. The van der Waals surface area contributed by atoms with E-state index >= 15 is 0 Å². The van der Waals surface area contributed by atoms with Crippen LogP contribution in [-0.4, -0.2) is 30.1 Å². The Kier molecular flexibility index (Phi) is 4.96. The second-order valence-electron chi connectivity index (χ2n) is 6.90. The Balaban J connectivity index is 2.42. The molecule has 0 saturated carbocycles. The lowest BCUT2D eigenvalue weighted by Crippen LogP contribution is -2.49. The van der Waals surface area contributed by atoms with E-state index in [1.165, 1.54) is 6.92 Å². The zero-order chi connectivity index (χ0) is 18.0. The van der Waals surface area contributed by atoms with Crippen LogP contribution in [0.3, 0.4) is 0 Å². The zero-order valence-electron chi connectivity index (χ0n) is 14.4. The molecule has 0 bridgehead atoms. The SMILES string of the molecule is CC(=O)[C@]1([C@@H](NC(=O)OC(C)(C)C)c2ccccc2)CCOC1=O. The predicted molar refractivity (Wildman–Crippen MR) is 87.2 cm³/mol. The van der Waals surface area contributed by atoms with Crippen molar-refractivity contribution in [3.05, 3.63) is 35.9 Å². The summed E-state index contributed by atoms with van der Waals surface area (Å²) in [6.07, 6.45) is -0.465. The van der Waals surface area contributed by atoms with E-state index < -0.39 is 29.1 Å². The number of esters is 1. The van der Waals surface area contributed by atoms with Gasteiger partial charge in [-0.05, 0) is 33.3 Å². The molecule has 0 unspecified atom stereocenters. The number of alkyl carbamates (subject to hydrolysis) is 1. The topological polar surface area (TPSA) is 81.7 Å². The molecule has 1 aromatic carbocycles. The Morgan fingerprint density at radius 2 is 1.88 bits per heavy atom. The summed E-state index contributed by atoms with van der Waals surface area (Å²) in [5, 5.41) is 2.70. The summed E-state index contributed by atoms with van der Waals surface area (Å²) in [6, 6.07) is 8.07. The Labute approximate surface area is 141 Å². The largest absolute Gasteiger partial charge is 0.465 e. The van der Waals surface area contributed by atoms with Gasteiger partial charge in [0.25, 0.3) is 0 Å². The van der Waals surface area contributed by atoms with E-state index in [0.717, 1.165) is 0 Å². The van der Waals surface area contributed by atoms with Crippen molar-refractivity contribution in [1.29, 1.82) is 0 Å². The van der Waals surface area contributed by atoms with Crippen molar-refractivity contribution < 1.29 is 23.9 Å². The van der Waals surface area contributed by atoms with Gasteiger partial charge in [-0.2, -0.15) is 0 Å². The summed E-state index contributed by atoms with van der Waals surface area (Å²) < 4.78 is 10.4. The molecule has 2 rings (SSSR count). The highest BCUT2D eigenvalue weighted by Gasteiger charge is 2.56. The molecule has 6 nitrogen and oxygen atoms in total. The maximum absolute atomic E-state index is 12.4. The Morgan fingerprint density at radius 3 is 2.33 bits per heavy atom. The lowest BCUT2D eigenvalue weighted by molar-refractivity contribution is -0.152. The molecule has 1 saturated heterocycles. The van der Waals surface area contributed by atoms with Gasteiger partial charge in [0, 0.05) is 6.42 Å². The number of amides is 1. The number of carbonyl (C=O) groups excluding carboxylic acids is 3. The number of rotatable bonds is 4. The third-order valence-electron chi connectivity index (χ3n) is 4.01. The lowest BCUT2D eigenvalue weighted by atomic mass is 9.73. The number of Topliss-reactive ketones (excluding diaryl/α,β-unsaturated/α-hetero) is 1. The molecule has 24 heavy (non-hydrogen) atoms. The molecule has 1 fully saturated rings. The van der Waals surface area contributed by atoms with E-state index in [1.807, 2.05) is 6.07 Å². The van der Waals surface area contributed by atoms with Crippen molar-refractivity contribution in [3.8, 4) is 0 Å². The molecule has 130 valence electrons. The second-order valence-corrected chi connectivity index (χ2v) is 6.90. The molecule has 1 heterocycles. The Morgan fingerprint density at radius 1 is 1.25 bits per heavy atom. The first-order valence-electron chi connectivity index (χ1n) is 7.89. The quantitative estimate of drug-likeness (QED) is 0.677. The van der Waals surface area contributed by atoms with E-state index in [-0.39, 0.29) is 18.8 Å². The van der Waals surface area contributed by atoms with E-state index in [2.05, 4.69) is 5.32 Å². The van der Waals surface area contributed by atoms with Crippen LogP contribution in [0, 0.1) is 5.41 Å². The highest BCUT2D eigenvalue weighted by Crippen LogP contribution is 2.43. The summed E-state index contributed by atoms with van der Waals surface area (Å²) in [7, 11) is 0. The van der Waals surface area contributed by atoms with Crippen LogP contribution in [0.2, 0.25) is 0 Å². The van der Waals surface area contributed by atoms with Crippen molar-refractivity contribution in [2.45, 2.75) is 45.8 Å². The number of ether oxygens (including phenoxy) is 2. The molecule has 1 aromatic rings. The van der Waals surface area contributed by atoms with Crippen LogP contribution in [0.1, 0.15) is 45.7 Å². The molecule has 2 atom stereocenters. The standard InChI is InChI=1S/C18H23NO5/c1-12(20)18(10-11-23-15(18)21)14(13-8-6-5-7-9-13)19-16(22)24-17(2,3)4/h5-9,14H,10-11H2,1-4H3,(H,19,22)/t14-,18-/m0/s1. The molecule has 0 radical (unpaired) electrons. The van der Waals surface area contributed by atoms with Crippen LogP contribution in [0.4, 0.5) is 4.79 Å². The van der Waals surface area contributed by atoms with Gasteiger partial charge in [0.1, 0.15) is 11.4 Å². The third kappa shape index (κ3) is 3.58. The maximum Gasteiger partial charge on any atom is 0.408 e. The number of nitrogens with one attached hydrogen (secondary N) is 1. The normalized spacial score (nSPS) is 21.8. The van der Waals surface area contributed by atoms with Crippen LogP contribution in [0.5, 0.6) is 0 Å². The molecule has 0 aromatic heterocycles. The van der Waals surface area contributed by atoms with Gasteiger partial charge in [0.05, 0.1) is 12.6 Å². The van der Waals surface area contributed by atoms with Gasteiger partial charge in [0.2, 0.25) is 0 Å². The van der Waals surface area contributed by atoms with Crippen molar-refractivity contribution in [1.82, 2.24) is 5.32 Å². The number of cyclic esters (lactones) is 1. The highest BCUT2D eigenvalue weighted by atomic mass is 16.6. The minimum absolute atomic E-state index is 0.151. The number of hydrogen-bond acceptors (Lipinski definition) is 5. The minimum atomic E-state index is -1.43. The average Bonchev–Trinajstić information content (AvgIpc) is 2.86. The smallest absolute Gasteiger partial charge is 0.408 e. The van der Waals surface area contributed by atoms with Crippen molar-refractivity contribution in [2.75, 3.05) is 6.61 Å². The van der Waals surface area contributed by atoms with Crippen molar-refractivity contribution >= 4 is 17.8 Å². The Hall–Kier alpha value is -2.37. The van der Waals surface area contributed by atoms with E-state index in [1.54, 1.807) is 45.0 Å². The van der Waals surface area contributed by atoms with Gasteiger partial charge in [-0.25, -0.2) is 4.79 Å². The van der Waals surface area contributed by atoms with E-state index in [4.69, 9.17) is 9.47 Å². The molecular formula is C18H23NO5. The highest BCUT2D eigenvalue weighted by molar-refractivity contribution is 6.05. The molecule has 0 spiro atoms. The number of carbonyl (C=O) groups is 3. The fourth-order valence-corrected chi connectivity index (χ4v) is 2.88. The van der Waals surface area contributed by atoms with Crippen molar-refractivity contribution in [2.24, 2.45) is 5.41 Å². The summed E-state index contributed by atoms with van der Waals surface area (Å²) in [4.78, 5) is 37.0. The van der Waals surface area contributed by atoms with Crippen LogP contribution in [0.15, 0.2) is 30.3 Å². The number of benzene rings is 1. The van der Waals surface area contributed by atoms with E-state index in [9.17, 15) is 14.4 Å². The molecule has 6 heteroatoms. The van der Waals surface area contributed by atoms with Crippen LogP contribution < -0.4 is 5.32 Å².